The minimum absolute atomic E-state index is 0.236. The number of hydrogen-bond donors (Lipinski definition) is 0. The molecule has 0 saturated carbocycles. The van der Waals surface area contributed by atoms with Crippen LogP contribution in [0.2, 0.25) is 0 Å². The molecule has 0 spiro atoms. The number of carbonyl (C=O) groups is 1. The fourth-order valence-corrected chi connectivity index (χ4v) is 2.57. The third-order valence-electron chi connectivity index (χ3n) is 4.06. The van der Waals surface area contributed by atoms with Gasteiger partial charge in [0.2, 0.25) is 0 Å². The molecule has 1 aliphatic rings. The first-order chi connectivity index (χ1) is 9.01. The van der Waals surface area contributed by atoms with E-state index < -0.39 is 0 Å². The molecule has 0 aliphatic carbocycles. The molecule has 0 aromatic carbocycles. The van der Waals surface area contributed by atoms with Crippen molar-refractivity contribution in [3.05, 3.63) is 24.4 Å². The summed E-state index contributed by atoms with van der Waals surface area (Å²) in [5, 5.41) is 0. The van der Waals surface area contributed by atoms with E-state index in [4.69, 9.17) is 4.74 Å². The number of nitrogens with zero attached hydrogens (tertiary/aromatic N) is 1. The van der Waals surface area contributed by atoms with E-state index in [1.807, 2.05) is 13.0 Å². The standard InChI is InChI=1S/C16H27NO2/c1-6-12(3)14(5)15(11-16(18)19-7-2)17-10-8-9-13(17)4/h6,11-14H,1,7-10H2,2-5H3/t12-,13+,14-/m1/s1. The molecular weight excluding hydrogens is 238 g/mol. The fourth-order valence-electron chi connectivity index (χ4n) is 2.57. The Balaban J connectivity index is 2.96. The van der Waals surface area contributed by atoms with Gasteiger partial charge in [-0.1, -0.05) is 19.9 Å². The van der Waals surface area contributed by atoms with Crippen LogP contribution in [0.25, 0.3) is 0 Å². The molecule has 108 valence electrons. The predicted octanol–water partition coefficient (Wildman–Crippen LogP) is 3.38. The zero-order chi connectivity index (χ0) is 14.4. The molecule has 3 atom stereocenters. The van der Waals surface area contributed by atoms with Crippen molar-refractivity contribution in [2.24, 2.45) is 11.8 Å². The maximum absolute atomic E-state index is 11.8. The first-order valence-corrected chi connectivity index (χ1v) is 7.28. The lowest BCUT2D eigenvalue weighted by Crippen LogP contribution is -2.32. The number of rotatable bonds is 6. The molecule has 0 bridgehead atoms. The van der Waals surface area contributed by atoms with Crippen molar-refractivity contribution in [3.63, 3.8) is 0 Å². The summed E-state index contributed by atoms with van der Waals surface area (Å²) < 4.78 is 5.06. The molecule has 0 amide bonds. The molecule has 0 radical (unpaired) electrons. The highest BCUT2D eigenvalue weighted by Gasteiger charge is 2.28. The van der Waals surface area contributed by atoms with E-state index in [0.29, 0.717) is 18.6 Å². The summed E-state index contributed by atoms with van der Waals surface area (Å²) in [4.78, 5) is 14.1. The Morgan fingerprint density at radius 1 is 1.53 bits per heavy atom. The zero-order valence-corrected chi connectivity index (χ0v) is 12.7. The largest absolute Gasteiger partial charge is 0.463 e. The van der Waals surface area contributed by atoms with Gasteiger partial charge in [0.15, 0.2) is 0 Å². The predicted molar refractivity (Wildman–Crippen MR) is 78.6 cm³/mol. The third-order valence-corrected chi connectivity index (χ3v) is 4.06. The Morgan fingerprint density at radius 2 is 2.21 bits per heavy atom. The van der Waals surface area contributed by atoms with Gasteiger partial charge in [-0.15, -0.1) is 6.58 Å². The van der Waals surface area contributed by atoms with Crippen molar-refractivity contribution in [3.8, 4) is 0 Å². The number of ether oxygens (including phenoxy) is 1. The average Bonchev–Trinajstić information content (AvgIpc) is 2.80. The van der Waals surface area contributed by atoms with Gasteiger partial charge in [-0.05, 0) is 32.6 Å². The van der Waals surface area contributed by atoms with Crippen LogP contribution in [0.5, 0.6) is 0 Å². The summed E-state index contributed by atoms with van der Waals surface area (Å²) in [6, 6.07) is 0.500. The minimum atomic E-state index is -0.236. The molecule has 0 aromatic heterocycles. The second kappa shape index (κ2) is 7.37. The maximum atomic E-state index is 11.8. The van der Waals surface area contributed by atoms with Crippen LogP contribution in [0.15, 0.2) is 24.4 Å². The summed E-state index contributed by atoms with van der Waals surface area (Å²) in [6.07, 6.45) is 6.01. The molecule has 1 saturated heterocycles. The lowest BCUT2D eigenvalue weighted by Gasteiger charge is -2.32. The van der Waals surface area contributed by atoms with E-state index in [-0.39, 0.29) is 11.9 Å². The normalized spacial score (nSPS) is 23.1. The van der Waals surface area contributed by atoms with Gasteiger partial charge < -0.3 is 9.64 Å². The van der Waals surface area contributed by atoms with Gasteiger partial charge in [-0.25, -0.2) is 4.79 Å². The van der Waals surface area contributed by atoms with Crippen LogP contribution in [0.4, 0.5) is 0 Å². The minimum Gasteiger partial charge on any atom is -0.463 e. The zero-order valence-electron chi connectivity index (χ0n) is 12.7. The van der Waals surface area contributed by atoms with Crippen LogP contribution in [0.3, 0.4) is 0 Å². The van der Waals surface area contributed by atoms with Crippen LogP contribution in [0, 0.1) is 11.8 Å². The Kier molecular flexibility index (Phi) is 6.13. The summed E-state index contributed by atoms with van der Waals surface area (Å²) in [7, 11) is 0. The first-order valence-electron chi connectivity index (χ1n) is 7.28. The SMILES string of the molecule is C=C[C@@H](C)[C@@H](C)C(=CC(=O)OCC)N1CCC[C@@H]1C. The number of carbonyl (C=O) groups excluding carboxylic acids is 1. The van der Waals surface area contributed by atoms with Crippen molar-refractivity contribution < 1.29 is 9.53 Å². The van der Waals surface area contributed by atoms with E-state index in [9.17, 15) is 4.79 Å². The maximum Gasteiger partial charge on any atom is 0.332 e. The smallest absolute Gasteiger partial charge is 0.332 e. The summed E-state index contributed by atoms with van der Waals surface area (Å²) in [5.41, 5.74) is 1.09. The summed E-state index contributed by atoms with van der Waals surface area (Å²) >= 11 is 0. The van der Waals surface area contributed by atoms with E-state index >= 15 is 0 Å². The average molecular weight is 265 g/mol. The lowest BCUT2D eigenvalue weighted by atomic mass is 9.91. The second-order valence-corrected chi connectivity index (χ2v) is 5.39. The van der Waals surface area contributed by atoms with E-state index in [2.05, 4.69) is 32.3 Å². The van der Waals surface area contributed by atoms with Crippen LogP contribution >= 0.6 is 0 Å². The van der Waals surface area contributed by atoms with Gasteiger partial charge in [-0.2, -0.15) is 0 Å². The molecule has 0 aromatic rings. The van der Waals surface area contributed by atoms with Crippen LogP contribution in [-0.4, -0.2) is 30.1 Å². The molecule has 3 nitrogen and oxygen atoms in total. The molecule has 0 unspecified atom stereocenters. The molecule has 1 aliphatic heterocycles. The van der Waals surface area contributed by atoms with E-state index in [0.717, 1.165) is 12.2 Å². The van der Waals surface area contributed by atoms with Crippen molar-refractivity contribution in [1.29, 1.82) is 0 Å². The van der Waals surface area contributed by atoms with Crippen molar-refractivity contribution in [2.75, 3.05) is 13.2 Å². The third kappa shape index (κ3) is 4.12. The van der Waals surface area contributed by atoms with Gasteiger partial charge in [0.25, 0.3) is 0 Å². The van der Waals surface area contributed by atoms with E-state index in [1.54, 1.807) is 6.08 Å². The lowest BCUT2D eigenvalue weighted by molar-refractivity contribution is -0.137. The first kappa shape index (κ1) is 15.8. The highest BCUT2D eigenvalue weighted by molar-refractivity contribution is 5.82. The summed E-state index contributed by atoms with van der Waals surface area (Å²) in [5.74, 6) is 0.385. The molecule has 19 heavy (non-hydrogen) atoms. The van der Waals surface area contributed by atoms with Gasteiger partial charge in [0.05, 0.1) is 6.61 Å². The molecule has 3 heteroatoms. The molecule has 0 N–H and O–H groups in total. The van der Waals surface area contributed by atoms with Crippen molar-refractivity contribution in [1.82, 2.24) is 4.90 Å². The number of esters is 1. The Bertz CT molecular complexity index is 349. The van der Waals surface area contributed by atoms with Gasteiger partial charge in [0, 0.05) is 30.3 Å². The Labute approximate surface area is 117 Å². The van der Waals surface area contributed by atoms with Crippen LogP contribution in [0.1, 0.15) is 40.5 Å². The molecular formula is C16H27NO2. The van der Waals surface area contributed by atoms with Gasteiger partial charge in [0.1, 0.15) is 0 Å². The quantitative estimate of drug-likeness (QED) is 0.419. The van der Waals surface area contributed by atoms with Crippen LogP contribution < -0.4 is 0 Å². The Hall–Kier alpha value is -1.25. The number of likely N-dealkylation sites (tertiary alicyclic amines) is 1. The van der Waals surface area contributed by atoms with Crippen molar-refractivity contribution >= 4 is 5.97 Å². The fraction of sp³-hybridized carbons (Fsp3) is 0.688. The monoisotopic (exact) mass is 265 g/mol. The van der Waals surface area contributed by atoms with Gasteiger partial charge in [-0.3, -0.25) is 0 Å². The van der Waals surface area contributed by atoms with Crippen molar-refractivity contribution in [2.45, 2.75) is 46.6 Å². The highest BCUT2D eigenvalue weighted by Crippen LogP contribution is 2.30. The van der Waals surface area contributed by atoms with E-state index in [1.165, 1.54) is 12.8 Å². The second-order valence-electron chi connectivity index (χ2n) is 5.39. The topological polar surface area (TPSA) is 29.5 Å². The van der Waals surface area contributed by atoms with Crippen LogP contribution in [-0.2, 0) is 9.53 Å². The molecule has 1 rings (SSSR count). The summed E-state index contributed by atoms with van der Waals surface area (Å²) in [6.45, 7) is 13.7. The number of hydrogen-bond acceptors (Lipinski definition) is 3. The number of allylic oxidation sites excluding steroid dienone is 2. The Morgan fingerprint density at radius 3 is 2.68 bits per heavy atom. The highest BCUT2D eigenvalue weighted by atomic mass is 16.5. The molecule has 1 heterocycles. The molecule has 1 fully saturated rings. The van der Waals surface area contributed by atoms with Gasteiger partial charge >= 0.3 is 5.97 Å².